The van der Waals surface area contributed by atoms with Crippen LogP contribution < -0.4 is 0 Å². The summed E-state index contributed by atoms with van der Waals surface area (Å²) < 4.78 is 10.7. The first-order valence-corrected chi connectivity index (χ1v) is 5.17. The van der Waals surface area contributed by atoms with E-state index in [1.165, 1.54) is 0 Å². The second-order valence-electron chi connectivity index (χ2n) is 3.55. The molecule has 13 heavy (non-hydrogen) atoms. The fourth-order valence-electron chi connectivity index (χ4n) is 1.78. The van der Waals surface area contributed by atoms with E-state index >= 15 is 0 Å². The highest BCUT2D eigenvalue weighted by Gasteiger charge is 2.28. The highest BCUT2D eigenvalue weighted by atomic mass is 16.6. The lowest BCUT2D eigenvalue weighted by atomic mass is 9.93. The fourth-order valence-corrected chi connectivity index (χ4v) is 1.78. The van der Waals surface area contributed by atoms with Crippen LogP contribution in [-0.4, -0.2) is 37.1 Å². The Hall–Kier alpha value is -0.120. The molecule has 1 rings (SSSR count). The summed E-state index contributed by atoms with van der Waals surface area (Å²) in [6.07, 6.45) is 1.52. The van der Waals surface area contributed by atoms with Crippen molar-refractivity contribution in [3.05, 3.63) is 0 Å². The van der Waals surface area contributed by atoms with E-state index < -0.39 is 0 Å². The molecule has 0 aliphatic carbocycles. The predicted octanol–water partition coefficient (Wildman–Crippen LogP) is 1.20. The molecular weight excluding hydrogens is 168 g/mol. The maximum absolute atomic E-state index is 9.93. The van der Waals surface area contributed by atoms with Gasteiger partial charge in [-0.05, 0) is 5.92 Å². The summed E-state index contributed by atoms with van der Waals surface area (Å²) >= 11 is 0. The van der Waals surface area contributed by atoms with Gasteiger partial charge in [-0.15, -0.1) is 0 Å². The Kier molecular flexibility index (Phi) is 4.70. The molecule has 0 bridgehead atoms. The highest BCUT2D eigenvalue weighted by molar-refractivity contribution is 4.77. The molecule has 0 amide bonds. The third-order valence-corrected chi connectivity index (χ3v) is 2.75. The van der Waals surface area contributed by atoms with Crippen molar-refractivity contribution in [3.63, 3.8) is 0 Å². The van der Waals surface area contributed by atoms with E-state index in [0.717, 1.165) is 12.8 Å². The summed E-state index contributed by atoms with van der Waals surface area (Å²) in [4.78, 5) is 0. The highest BCUT2D eigenvalue weighted by Crippen LogP contribution is 2.19. The molecule has 3 heteroatoms. The van der Waals surface area contributed by atoms with Gasteiger partial charge in [0.1, 0.15) is 6.10 Å². The monoisotopic (exact) mass is 188 g/mol. The molecule has 3 nitrogen and oxygen atoms in total. The zero-order valence-electron chi connectivity index (χ0n) is 8.53. The first-order valence-electron chi connectivity index (χ1n) is 5.17. The maximum Gasteiger partial charge on any atom is 0.107 e. The summed E-state index contributed by atoms with van der Waals surface area (Å²) in [5, 5.41) is 9.93. The van der Waals surface area contributed by atoms with Gasteiger partial charge in [-0.1, -0.05) is 26.7 Å². The SMILES string of the molecule is CCC(CC)C(O)C1COCCO1. The van der Waals surface area contributed by atoms with Crippen molar-refractivity contribution in [3.8, 4) is 0 Å². The van der Waals surface area contributed by atoms with Crippen molar-refractivity contribution >= 4 is 0 Å². The van der Waals surface area contributed by atoms with Gasteiger partial charge in [0.25, 0.3) is 0 Å². The van der Waals surface area contributed by atoms with Crippen LogP contribution in [0.2, 0.25) is 0 Å². The minimum Gasteiger partial charge on any atom is -0.390 e. The molecule has 0 aromatic rings. The lowest BCUT2D eigenvalue weighted by Crippen LogP contribution is -2.42. The van der Waals surface area contributed by atoms with E-state index in [2.05, 4.69) is 13.8 Å². The van der Waals surface area contributed by atoms with E-state index in [1.54, 1.807) is 0 Å². The molecule has 2 atom stereocenters. The van der Waals surface area contributed by atoms with Crippen molar-refractivity contribution < 1.29 is 14.6 Å². The average Bonchev–Trinajstić information content (AvgIpc) is 2.21. The predicted molar refractivity (Wildman–Crippen MR) is 50.6 cm³/mol. The summed E-state index contributed by atoms with van der Waals surface area (Å²) in [5.74, 6) is 0.340. The van der Waals surface area contributed by atoms with Gasteiger partial charge < -0.3 is 14.6 Å². The van der Waals surface area contributed by atoms with Crippen molar-refractivity contribution in [2.75, 3.05) is 19.8 Å². The normalized spacial score (nSPS) is 26.3. The van der Waals surface area contributed by atoms with Gasteiger partial charge >= 0.3 is 0 Å². The Labute approximate surface area is 80.0 Å². The minimum atomic E-state index is -0.365. The second kappa shape index (κ2) is 5.58. The van der Waals surface area contributed by atoms with Crippen LogP contribution in [0.5, 0.6) is 0 Å². The summed E-state index contributed by atoms with van der Waals surface area (Å²) in [7, 11) is 0. The van der Waals surface area contributed by atoms with Crippen LogP contribution in [-0.2, 0) is 9.47 Å². The fraction of sp³-hybridized carbons (Fsp3) is 1.00. The molecule has 1 saturated heterocycles. The van der Waals surface area contributed by atoms with Crippen molar-refractivity contribution in [1.29, 1.82) is 0 Å². The molecule has 0 saturated carbocycles. The Bertz CT molecular complexity index is 128. The van der Waals surface area contributed by atoms with Crippen LogP contribution in [0.25, 0.3) is 0 Å². The Morgan fingerprint density at radius 2 is 2.00 bits per heavy atom. The number of rotatable bonds is 4. The van der Waals surface area contributed by atoms with E-state index in [0.29, 0.717) is 25.7 Å². The zero-order chi connectivity index (χ0) is 9.68. The topological polar surface area (TPSA) is 38.7 Å². The summed E-state index contributed by atoms with van der Waals surface area (Å²) in [5.41, 5.74) is 0. The molecule has 2 unspecified atom stereocenters. The first-order chi connectivity index (χ1) is 6.29. The van der Waals surface area contributed by atoms with Gasteiger partial charge in [0.2, 0.25) is 0 Å². The lowest BCUT2D eigenvalue weighted by molar-refractivity contribution is -0.144. The Morgan fingerprint density at radius 3 is 2.46 bits per heavy atom. The van der Waals surface area contributed by atoms with Crippen LogP contribution >= 0.6 is 0 Å². The molecule has 1 fully saturated rings. The largest absolute Gasteiger partial charge is 0.390 e. The molecule has 0 radical (unpaired) electrons. The van der Waals surface area contributed by atoms with Crippen LogP contribution in [0.1, 0.15) is 26.7 Å². The standard InChI is InChI=1S/C10H20O3/c1-3-8(4-2)10(11)9-7-12-5-6-13-9/h8-11H,3-7H2,1-2H3. The molecule has 78 valence electrons. The maximum atomic E-state index is 9.93. The van der Waals surface area contributed by atoms with Gasteiger partial charge in [-0.2, -0.15) is 0 Å². The molecular formula is C10H20O3. The minimum absolute atomic E-state index is 0.112. The molecule has 1 aliphatic heterocycles. The first kappa shape index (κ1) is 11.0. The third kappa shape index (κ3) is 2.93. The number of aliphatic hydroxyl groups is 1. The van der Waals surface area contributed by atoms with Gasteiger partial charge in [-0.25, -0.2) is 0 Å². The van der Waals surface area contributed by atoms with Gasteiger partial charge in [0, 0.05) is 0 Å². The summed E-state index contributed by atoms with van der Waals surface area (Å²) in [6.45, 7) is 6.01. The van der Waals surface area contributed by atoms with E-state index in [-0.39, 0.29) is 12.2 Å². The molecule has 1 aliphatic rings. The average molecular weight is 188 g/mol. The number of hydrogen-bond donors (Lipinski definition) is 1. The molecule has 0 aromatic carbocycles. The molecule has 0 spiro atoms. The smallest absolute Gasteiger partial charge is 0.107 e. The van der Waals surface area contributed by atoms with Gasteiger partial charge in [0.15, 0.2) is 0 Å². The van der Waals surface area contributed by atoms with Crippen LogP contribution in [0, 0.1) is 5.92 Å². The number of aliphatic hydroxyl groups excluding tert-OH is 1. The second-order valence-corrected chi connectivity index (χ2v) is 3.55. The lowest BCUT2D eigenvalue weighted by Gasteiger charge is -2.31. The van der Waals surface area contributed by atoms with Crippen LogP contribution in [0.15, 0.2) is 0 Å². The molecule has 0 aromatic heterocycles. The van der Waals surface area contributed by atoms with E-state index in [4.69, 9.17) is 9.47 Å². The van der Waals surface area contributed by atoms with Crippen molar-refractivity contribution in [2.24, 2.45) is 5.92 Å². The van der Waals surface area contributed by atoms with Gasteiger partial charge in [-0.3, -0.25) is 0 Å². The third-order valence-electron chi connectivity index (χ3n) is 2.75. The van der Waals surface area contributed by atoms with Crippen molar-refractivity contribution in [2.45, 2.75) is 38.9 Å². The summed E-state index contributed by atoms with van der Waals surface area (Å²) in [6, 6.07) is 0. The zero-order valence-corrected chi connectivity index (χ0v) is 8.53. The van der Waals surface area contributed by atoms with Crippen LogP contribution in [0.4, 0.5) is 0 Å². The molecule has 1 heterocycles. The van der Waals surface area contributed by atoms with E-state index in [9.17, 15) is 5.11 Å². The Morgan fingerprint density at radius 1 is 1.31 bits per heavy atom. The number of ether oxygens (including phenoxy) is 2. The van der Waals surface area contributed by atoms with Crippen LogP contribution in [0.3, 0.4) is 0 Å². The Balaban J connectivity index is 2.38. The quantitative estimate of drug-likeness (QED) is 0.720. The van der Waals surface area contributed by atoms with Gasteiger partial charge in [0.05, 0.1) is 25.9 Å². The van der Waals surface area contributed by atoms with Crippen molar-refractivity contribution in [1.82, 2.24) is 0 Å². The van der Waals surface area contributed by atoms with E-state index in [1.807, 2.05) is 0 Å². The number of hydrogen-bond acceptors (Lipinski definition) is 3. The molecule has 1 N–H and O–H groups in total.